The van der Waals surface area contributed by atoms with Gasteiger partial charge in [-0.15, -0.1) is 0 Å². The molecule has 156 valence electrons. The standard InChI is InChI=1S/C25H23N3O3/c1-17-13-14-21-20(15-17)25(24(31)28(21)2,27-23(30)19-11-7-4-8-12-19)16-26-22(29)18-9-5-3-6-10-18/h3-15H,16H2,1-2H3,(H,26,29)(H,27,30). The Labute approximate surface area is 180 Å². The highest BCUT2D eigenvalue weighted by Gasteiger charge is 2.51. The lowest BCUT2D eigenvalue weighted by atomic mass is 9.89. The van der Waals surface area contributed by atoms with Crippen LogP contribution in [0.15, 0.2) is 78.9 Å². The fourth-order valence-corrected chi connectivity index (χ4v) is 3.89. The molecule has 1 heterocycles. The smallest absolute Gasteiger partial charge is 0.259 e. The van der Waals surface area contributed by atoms with Crippen molar-refractivity contribution >= 4 is 23.4 Å². The molecule has 0 aliphatic carbocycles. The topological polar surface area (TPSA) is 78.5 Å². The molecular weight excluding hydrogens is 390 g/mol. The minimum Gasteiger partial charge on any atom is -0.349 e. The lowest BCUT2D eigenvalue weighted by Gasteiger charge is -2.30. The van der Waals surface area contributed by atoms with Crippen LogP contribution in [0.3, 0.4) is 0 Å². The fourth-order valence-electron chi connectivity index (χ4n) is 3.89. The van der Waals surface area contributed by atoms with E-state index < -0.39 is 5.54 Å². The molecule has 3 aromatic rings. The fraction of sp³-hybridized carbons (Fsp3) is 0.160. The van der Waals surface area contributed by atoms with Crippen LogP contribution < -0.4 is 15.5 Å². The minimum absolute atomic E-state index is 0.0705. The van der Waals surface area contributed by atoms with Gasteiger partial charge >= 0.3 is 0 Å². The highest BCUT2D eigenvalue weighted by Crippen LogP contribution is 2.40. The van der Waals surface area contributed by atoms with Crippen molar-refractivity contribution in [2.75, 3.05) is 18.5 Å². The second kappa shape index (κ2) is 8.07. The van der Waals surface area contributed by atoms with E-state index in [4.69, 9.17) is 0 Å². The molecule has 1 unspecified atom stereocenters. The number of likely N-dealkylation sites (N-methyl/N-ethyl adjacent to an activating group) is 1. The van der Waals surface area contributed by atoms with Crippen LogP contribution in [0.1, 0.15) is 31.8 Å². The summed E-state index contributed by atoms with van der Waals surface area (Å²) >= 11 is 0. The van der Waals surface area contributed by atoms with Gasteiger partial charge in [0.15, 0.2) is 5.54 Å². The number of nitrogens with zero attached hydrogens (tertiary/aromatic N) is 1. The van der Waals surface area contributed by atoms with E-state index in [9.17, 15) is 14.4 Å². The summed E-state index contributed by atoms with van der Waals surface area (Å²) < 4.78 is 0. The lowest BCUT2D eigenvalue weighted by molar-refractivity contribution is -0.123. The highest BCUT2D eigenvalue weighted by molar-refractivity contribution is 6.11. The Balaban J connectivity index is 1.73. The number of aryl methyl sites for hydroxylation is 1. The van der Waals surface area contributed by atoms with Gasteiger partial charge in [-0.05, 0) is 37.3 Å². The van der Waals surface area contributed by atoms with Crippen molar-refractivity contribution in [1.29, 1.82) is 0 Å². The molecule has 1 aliphatic rings. The molecule has 1 aliphatic heterocycles. The van der Waals surface area contributed by atoms with Crippen molar-refractivity contribution in [2.45, 2.75) is 12.5 Å². The molecule has 0 bridgehead atoms. The maximum atomic E-state index is 13.5. The quantitative estimate of drug-likeness (QED) is 0.675. The summed E-state index contributed by atoms with van der Waals surface area (Å²) in [4.78, 5) is 40.8. The van der Waals surface area contributed by atoms with Crippen LogP contribution in [0.5, 0.6) is 0 Å². The van der Waals surface area contributed by atoms with Gasteiger partial charge in [0.1, 0.15) is 0 Å². The van der Waals surface area contributed by atoms with Gasteiger partial charge < -0.3 is 15.5 Å². The average Bonchev–Trinajstić information content (AvgIpc) is 3.00. The second-order valence-corrected chi connectivity index (χ2v) is 7.66. The maximum absolute atomic E-state index is 13.5. The van der Waals surface area contributed by atoms with E-state index in [1.807, 2.05) is 37.3 Å². The number of benzene rings is 3. The number of hydrogen-bond donors (Lipinski definition) is 2. The zero-order valence-corrected chi connectivity index (χ0v) is 17.4. The molecule has 3 amide bonds. The van der Waals surface area contributed by atoms with Crippen molar-refractivity contribution in [3.05, 3.63) is 101 Å². The van der Waals surface area contributed by atoms with E-state index in [1.165, 1.54) is 4.90 Å². The zero-order chi connectivity index (χ0) is 22.0. The number of carbonyl (C=O) groups excluding carboxylic acids is 3. The normalized spacial score (nSPS) is 17.2. The van der Waals surface area contributed by atoms with E-state index in [-0.39, 0.29) is 24.3 Å². The molecule has 6 nitrogen and oxygen atoms in total. The number of fused-ring (bicyclic) bond motifs is 1. The predicted molar refractivity (Wildman–Crippen MR) is 119 cm³/mol. The number of amides is 3. The van der Waals surface area contributed by atoms with Crippen molar-refractivity contribution < 1.29 is 14.4 Å². The Morgan fingerprint density at radius 3 is 2.06 bits per heavy atom. The maximum Gasteiger partial charge on any atom is 0.259 e. The van der Waals surface area contributed by atoms with E-state index in [1.54, 1.807) is 55.6 Å². The van der Waals surface area contributed by atoms with Crippen LogP contribution in [0, 0.1) is 6.92 Å². The third-order valence-corrected chi connectivity index (χ3v) is 5.56. The third-order valence-electron chi connectivity index (χ3n) is 5.56. The monoisotopic (exact) mass is 413 g/mol. The summed E-state index contributed by atoms with van der Waals surface area (Å²) in [5.74, 6) is -0.998. The Bertz CT molecular complexity index is 1150. The summed E-state index contributed by atoms with van der Waals surface area (Å²) in [6, 6.07) is 23.2. The number of anilines is 1. The van der Waals surface area contributed by atoms with Crippen LogP contribution in [0.2, 0.25) is 0 Å². The summed E-state index contributed by atoms with van der Waals surface area (Å²) in [6.45, 7) is 1.86. The van der Waals surface area contributed by atoms with Crippen molar-refractivity contribution in [3.8, 4) is 0 Å². The van der Waals surface area contributed by atoms with Gasteiger partial charge in [0.05, 0.1) is 6.54 Å². The Morgan fingerprint density at radius 1 is 0.871 bits per heavy atom. The Hall–Kier alpha value is -3.93. The zero-order valence-electron chi connectivity index (χ0n) is 17.4. The molecule has 0 spiro atoms. The van der Waals surface area contributed by atoms with Gasteiger partial charge in [0.25, 0.3) is 17.7 Å². The van der Waals surface area contributed by atoms with E-state index in [2.05, 4.69) is 10.6 Å². The van der Waals surface area contributed by atoms with Gasteiger partial charge in [0, 0.05) is 29.4 Å². The first-order chi connectivity index (χ1) is 14.9. The number of rotatable bonds is 5. The Morgan fingerprint density at radius 2 is 1.45 bits per heavy atom. The molecule has 0 fully saturated rings. The van der Waals surface area contributed by atoms with Crippen LogP contribution in [-0.4, -0.2) is 31.3 Å². The summed E-state index contributed by atoms with van der Waals surface area (Å²) in [5, 5.41) is 5.78. The SMILES string of the molecule is Cc1ccc2c(c1)C(CNC(=O)c1ccccc1)(NC(=O)c1ccccc1)C(=O)N2C. The van der Waals surface area contributed by atoms with E-state index >= 15 is 0 Å². The molecule has 31 heavy (non-hydrogen) atoms. The average molecular weight is 413 g/mol. The minimum atomic E-state index is -1.41. The first-order valence-corrected chi connectivity index (χ1v) is 10.0. The molecule has 0 aromatic heterocycles. The van der Waals surface area contributed by atoms with E-state index in [0.717, 1.165) is 5.56 Å². The summed E-state index contributed by atoms with van der Waals surface area (Å²) in [6.07, 6.45) is 0. The largest absolute Gasteiger partial charge is 0.349 e. The second-order valence-electron chi connectivity index (χ2n) is 7.66. The molecule has 3 aromatic carbocycles. The van der Waals surface area contributed by atoms with Crippen molar-refractivity contribution in [1.82, 2.24) is 10.6 Å². The molecule has 1 atom stereocenters. The van der Waals surface area contributed by atoms with Crippen LogP contribution in [-0.2, 0) is 10.3 Å². The number of hydrogen-bond acceptors (Lipinski definition) is 3. The van der Waals surface area contributed by atoms with Gasteiger partial charge in [-0.2, -0.15) is 0 Å². The predicted octanol–water partition coefficient (Wildman–Crippen LogP) is 3.03. The van der Waals surface area contributed by atoms with Crippen molar-refractivity contribution in [2.24, 2.45) is 0 Å². The lowest BCUT2D eigenvalue weighted by Crippen LogP contribution is -2.58. The van der Waals surface area contributed by atoms with Crippen molar-refractivity contribution in [3.63, 3.8) is 0 Å². The van der Waals surface area contributed by atoms with E-state index in [0.29, 0.717) is 22.4 Å². The molecule has 4 rings (SSSR count). The molecule has 0 saturated carbocycles. The van der Waals surface area contributed by atoms with Crippen LogP contribution in [0.25, 0.3) is 0 Å². The summed E-state index contributed by atoms with van der Waals surface area (Å²) in [5.41, 5.74) is 1.83. The van der Waals surface area contributed by atoms with Crippen LogP contribution >= 0.6 is 0 Å². The molecule has 0 radical (unpaired) electrons. The molecule has 2 N–H and O–H groups in total. The Kier molecular flexibility index (Phi) is 5.29. The highest BCUT2D eigenvalue weighted by atomic mass is 16.2. The molecule has 6 heteroatoms. The first-order valence-electron chi connectivity index (χ1n) is 10.0. The summed E-state index contributed by atoms with van der Waals surface area (Å²) in [7, 11) is 1.67. The van der Waals surface area contributed by atoms with Crippen LogP contribution in [0.4, 0.5) is 5.69 Å². The number of carbonyl (C=O) groups is 3. The third kappa shape index (κ3) is 3.68. The van der Waals surface area contributed by atoms with Gasteiger partial charge in [-0.3, -0.25) is 14.4 Å². The van der Waals surface area contributed by atoms with Gasteiger partial charge in [-0.25, -0.2) is 0 Å². The number of nitrogens with one attached hydrogen (secondary N) is 2. The first kappa shape index (κ1) is 20.3. The van der Waals surface area contributed by atoms with Gasteiger partial charge in [0.2, 0.25) is 0 Å². The molecule has 0 saturated heterocycles. The molecular formula is C25H23N3O3. The van der Waals surface area contributed by atoms with Gasteiger partial charge in [-0.1, -0.05) is 54.1 Å².